The summed E-state index contributed by atoms with van der Waals surface area (Å²) in [6, 6.07) is 2.04. The van der Waals surface area contributed by atoms with Crippen molar-refractivity contribution in [2.24, 2.45) is 0 Å². The van der Waals surface area contributed by atoms with Gasteiger partial charge in [-0.3, -0.25) is 0 Å². The number of piperazine rings is 1. The number of thiophene rings is 1. The topological polar surface area (TPSA) is 91.4 Å². The molecule has 1 aliphatic rings. The Labute approximate surface area is 115 Å². The molecule has 1 aromatic heterocycles. The Bertz CT molecular complexity index is 515. The van der Waals surface area contributed by atoms with Gasteiger partial charge in [-0.2, -0.15) is 5.26 Å². The van der Waals surface area contributed by atoms with Crippen LogP contribution in [0, 0.1) is 11.3 Å². The second-order valence-electron chi connectivity index (χ2n) is 4.09. The van der Waals surface area contributed by atoms with Crippen molar-refractivity contribution in [3.8, 4) is 6.07 Å². The Morgan fingerprint density at radius 2 is 2.26 bits per heavy atom. The van der Waals surface area contributed by atoms with E-state index in [-0.39, 0.29) is 12.3 Å². The molecule has 0 atom stereocenters. The number of carbonyl (C=O) groups excluding carboxylic acids is 1. The molecule has 6 nitrogen and oxygen atoms in total. The second-order valence-corrected chi connectivity index (χ2v) is 5.09. The van der Waals surface area contributed by atoms with Gasteiger partial charge in [0.25, 0.3) is 0 Å². The summed E-state index contributed by atoms with van der Waals surface area (Å²) in [7, 11) is 0. The van der Waals surface area contributed by atoms with E-state index in [0.29, 0.717) is 10.4 Å². The fourth-order valence-corrected chi connectivity index (χ4v) is 3.06. The Kier molecular flexibility index (Phi) is 4.24. The number of nitrogens with two attached hydrogens (primary N) is 1. The normalized spacial score (nSPS) is 15.1. The highest BCUT2D eigenvalue weighted by atomic mass is 32.1. The average molecular weight is 280 g/mol. The molecule has 1 aromatic rings. The summed E-state index contributed by atoms with van der Waals surface area (Å²) < 4.78 is 5.03. The summed E-state index contributed by atoms with van der Waals surface area (Å²) in [6.07, 6.45) is 0. The van der Waals surface area contributed by atoms with Crippen LogP contribution in [0.4, 0.5) is 10.7 Å². The summed E-state index contributed by atoms with van der Waals surface area (Å²) in [6.45, 7) is 5.31. The van der Waals surface area contributed by atoms with Gasteiger partial charge in [0.15, 0.2) is 0 Å². The molecule has 0 aliphatic carbocycles. The number of esters is 1. The van der Waals surface area contributed by atoms with Crippen LogP contribution in [0.25, 0.3) is 0 Å². The smallest absolute Gasteiger partial charge is 0.343 e. The van der Waals surface area contributed by atoms with Crippen molar-refractivity contribution in [1.29, 1.82) is 5.26 Å². The fourth-order valence-electron chi connectivity index (χ4n) is 2.01. The average Bonchev–Trinajstić information content (AvgIpc) is 2.77. The lowest BCUT2D eigenvalue weighted by Gasteiger charge is -2.28. The number of carbonyl (C=O) groups is 1. The number of hydrogen-bond acceptors (Lipinski definition) is 7. The SMILES string of the molecule is CCOC(=O)c1c(N2CCNCC2)sc(C#N)c1N. The number of nitrogens with one attached hydrogen (secondary N) is 1. The van der Waals surface area contributed by atoms with Gasteiger partial charge in [0.1, 0.15) is 21.5 Å². The number of rotatable bonds is 3. The minimum Gasteiger partial charge on any atom is -0.462 e. The Morgan fingerprint density at radius 3 is 2.84 bits per heavy atom. The molecular formula is C12H16N4O2S. The van der Waals surface area contributed by atoms with Crippen molar-refractivity contribution in [3.05, 3.63) is 10.4 Å². The third-order valence-electron chi connectivity index (χ3n) is 2.91. The Hall–Kier alpha value is -1.78. The van der Waals surface area contributed by atoms with Gasteiger partial charge in [-0.05, 0) is 6.92 Å². The number of nitriles is 1. The first-order valence-electron chi connectivity index (χ1n) is 6.14. The van der Waals surface area contributed by atoms with E-state index in [4.69, 9.17) is 15.7 Å². The van der Waals surface area contributed by atoms with E-state index in [1.807, 2.05) is 6.07 Å². The van der Waals surface area contributed by atoms with Crippen LogP contribution in [0.15, 0.2) is 0 Å². The number of hydrogen-bond donors (Lipinski definition) is 2. The molecule has 0 spiro atoms. The molecule has 0 amide bonds. The van der Waals surface area contributed by atoms with Crippen molar-refractivity contribution >= 4 is 28.0 Å². The van der Waals surface area contributed by atoms with Crippen LogP contribution in [0.3, 0.4) is 0 Å². The van der Waals surface area contributed by atoms with E-state index < -0.39 is 5.97 Å². The number of nitrogen functional groups attached to an aromatic ring is 1. The van der Waals surface area contributed by atoms with Crippen molar-refractivity contribution in [3.63, 3.8) is 0 Å². The van der Waals surface area contributed by atoms with E-state index in [1.54, 1.807) is 6.92 Å². The fraction of sp³-hybridized carbons (Fsp3) is 0.500. The van der Waals surface area contributed by atoms with Gasteiger partial charge < -0.3 is 20.7 Å². The molecule has 0 radical (unpaired) electrons. The Morgan fingerprint density at radius 1 is 1.58 bits per heavy atom. The molecule has 1 aliphatic heterocycles. The molecule has 0 saturated carbocycles. The predicted octanol–water partition coefficient (Wildman–Crippen LogP) is 0.788. The van der Waals surface area contributed by atoms with Crippen LogP contribution in [-0.4, -0.2) is 38.8 Å². The van der Waals surface area contributed by atoms with Gasteiger partial charge in [-0.15, -0.1) is 11.3 Å². The zero-order valence-electron chi connectivity index (χ0n) is 10.7. The molecule has 1 saturated heterocycles. The van der Waals surface area contributed by atoms with E-state index >= 15 is 0 Å². The molecule has 1 fully saturated rings. The molecule has 102 valence electrons. The summed E-state index contributed by atoms with van der Waals surface area (Å²) in [5.41, 5.74) is 6.47. The van der Waals surface area contributed by atoms with Gasteiger partial charge in [-0.1, -0.05) is 0 Å². The van der Waals surface area contributed by atoms with E-state index in [0.717, 1.165) is 31.2 Å². The van der Waals surface area contributed by atoms with Crippen molar-refractivity contribution in [2.45, 2.75) is 6.92 Å². The van der Waals surface area contributed by atoms with Crippen molar-refractivity contribution in [1.82, 2.24) is 5.32 Å². The van der Waals surface area contributed by atoms with E-state index in [9.17, 15) is 4.79 Å². The maximum absolute atomic E-state index is 12.0. The molecule has 7 heteroatoms. The maximum atomic E-state index is 12.0. The van der Waals surface area contributed by atoms with Gasteiger partial charge in [0, 0.05) is 26.2 Å². The lowest BCUT2D eigenvalue weighted by molar-refractivity contribution is 0.0529. The predicted molar refractivity (Wildman–Crippen MR) is 74.5 cm³/mol. The molecule has 2 rings (SSSR count). The van der Waals surface area contributed by atoms with Gasteiger partial charge in [0.2, 0.25) is 0 Å². The minimum absolute atomic E-state index is 0.236. The van der Waals surface area contributed by atoms with Crippen molar-refractivity contribution < 1.29 is 9.53 Å². The van der Waals surface area contributed by atoms with Gasteiger partial charge >= 0.3 is 5.97 Å². The monoisotopic (exact) mass is 280 g/mol. The molecule has 3 N–H and O–H groups in total. The summed E-state index contributed by atoms with van der Waals surface area (Å²) >= 11 is 1.26. The molecule has 2 heterocycles. The van der Waals surface area contributed by atoms with Crippen LogP contribution in [0.2, 0.25) is 0 Å². The van der Waals surface area contributed by atoms with Crippen LogP contribution < -0.4 is 16.0 Å². The number of ether oxygens (including phenoxy) is 1. The summed E-state index contributed by atoms with van der Waals surface area (Å²) in [5, 5.41) is 13.1. The van der Waals surface area contributed by atoms with Crippen LogP contribution in [0.5, 0.6) is 0 Å². The highest BCUT2D eigenvalue weighted by molar-refractivity contribution is 7.17. The minimum atomic E-state index is -0.453. The van der Waals surface area contributed by atoms with Crippen LogP contribution >= 0.6 is 11.3 Å². The zero-order valence-corrected chi connectivity index (χ0v) is 11.5. The van der Waals surface area contributed by atoms with E-state index in [2.05, 4.69) is 10.2 Å². The quantitative estimate of drug-likeness (QED) is 0.795. The molecule has 0 unspecified atom stereocenters. The van der Waals surface area contributed by atoms with Gasteiger partial charge in [0.05, 0.1) is 12.3 Å². The first-order valence-corrected chi connectivity index (χ1v) is 6.95. The summed E-state index contributed by atoms with van der Waals surface area (Å²) in [5.74, 6) is -0.453. The molecule has 19 heavy (non-hydrogen) atoms. The van der Waals surface area contributed by atoms with Gasteiger partial charge in [-0.25, -0.2) is 4.79 Å². The largest absolute Gasteiger partial charge is 0.462 e. The van der Waals surface area contributed by atoms with E-state index in [1.165, 1.54) is 11.3 Å². The third kappa shape index (κ3) is 2.64. The third-order valence-corrected chi connectivity index (χ3v) is 4.08. The first kappa shape index (κ1) is 13.6. The lowest BCUT2D eigenvalue weighted by atomic mass is 10.2. The summed E-state index contributed by atoms with van der Waals surface area (Å²) in [4.78, 5) is 14.5. The van der Waals surface area contributed by atoms with Crippen LogP contribution in [-0.2, 0) is 4.74 Å². The maximum Gasteiger partial charge on any atom is 0.343 e. The molecule has 0 bridgehead atoms. The standard InChI is InChI=1S/C12H16N4O2S/c1-2-18-12(17)9-10(14)8(7-13)19-11(9)16-5-3-15-4-6-16/h15H,2-6,14H2,1H3. The Balaban J connectivity index is 2.40. The first-order chi connectivity index (χ1) is 9.19. The zero-order chi connectivity index (χ0) is 13.8. The molecular weight excluding hydrogens is 264 g/mol. The lowest BCUT2D eigenvalue weighted by Crippen LogP contribution is -2.43. The highest BCUT2D eigenvalue weighted by Gasteiger charge is 2.27. The molecule has 0 aromatic carbocycles. The highest BCUT2D eigenvalue weighted by Crippen LogP contribution is 2.38. The van der Waals surface area contributed by atoms with Crippen molar-refractivity contribution in [2.75, 3.05) is 43.4 Å². The number of nitrogens with zero attached hydrogens (tertiary/aromatic N) is 2. The number of anilines is 2. The van der Waals surface area contributed by atoms with Crippen LogP contribution in [0.1, 0.15) is 22.2 Å². The second kappa shape index (κ2) is 5.91.